The number of fused-ring (bicyclic) bond motifs is 1. The highest BCUT2D eigenvalue weighted by molar-refractivity contribution is 6.35. The molecule has 27 heavy (non-hydrogen) atoms. The maximum absolute atomic E-state index is 12.6. The minimum Gasteiger partial charge on any atom is -0.462 e. The van der Waals surface area contributed by atoms with E-state index in [1.807, 2.05) is 56.3 Å². The van der Waals surface area contributed by atoms with Crippen LogP contribution in [0.15, 0.2) is 54.6 Å². The highest BCUT2D eigenvalue weighted by Gasteiger charge is 2.57. The lowest BCUT2D eigenvalue weighted by Gasteiger charge is -2.41. The Morgan fingerprint density at radius 2 is 1.67 bits per heavy atom. The number of ether oxygens (including phenoxy) is 1. The van der Waals surface area contributed by atoms with Gasteiger partial charge in [-0.25, -0.2) is 0 Å². The summed E-state index contributed by atoms with van der Waals surface area (Å²) >= 11 is 18.8. The zero-order valence-corrected chi connectivity index (χ0v) is 17.2. The van der Waals surface area contributed by atoms with Crippen molar-refractivity contribution in [3.8, 4) is 0 Å². The second-order valence-electron chi connectivity index (χ2n) is 7.55. The van der Waals surface area contributed by atoms with Crippen LogP contribution in [0, 0.1) is 11.3 Å². The van der Waals surface area contributed by atoms with E-state index in [0.29, 0.717) is 15.1 Å². The Labute approximate surface area is 174 Å². The molecule has 1 aliphatic heterocycles. The topological polar surface area (TPSA) is 26.3 Å². The molecule has 0 N–H and O–H groups in total. The second-order valence-corrected chi connectivity index (χ2v) is 8.83. The van der Waals surface area contributed by atoms with Gasteiger partial charge in [-0.1, -0.05) is 65.2 Å². The lowest BCUT2D eigenvalue weighted by molar-refractivity contribution is -0.146. The van der Waals surface area contributed by atoms with Gasteiger partial charge in [-0.3, -0.25) is 4.79 Å². The Balaban J connectivity index is 1.90. The van der Waals surface area contributed by atoms with E-state index < -0.39 is 5.41 Å². The number of hydrogen-bond acceptors (Lipinski definition) is 2. The Kier molecular flexibility index (Phi) is 4.78. The summed E-state index contributed by atoms with van der Waals surface area (Å²) < 4.78 is 5.65. The van der Waals surface area contributed by atoms with Gasteiger partial charge in [-0.05, 0) is 49.2 Å². The van der Waals surface area contributed by atoms with Crippen LogP contribution in [0.2, 0.25) is 15.1 Å². The van der Waals surface area contributed by atoms with Crippen molar-refractivity contribution in [1.82, 2.24) is 0 Å². The van der Waals surface area contributed by atoms with Gasteiger partial charge >= 0.3 is 5.97 Å². The van der Waals surface area contributed by atoms with Crippen molar-refractivity contribution in [1.29, 1.82) is 0 Å². The van der Waals surface area contributed by atoms with Gasteiger partial charge in [0.15, 0.2) is 0 Å². The van der Waals surface area contributed by atoms with Gasteiger partial charge in [0.2, 0.25) is 0 Å². The van der Waals surface area contributed by atoms with Gasteiger partial charge in [0.25, 0.3) is 0 Å². The van der Waals surface area contributed by atoms with Crippen LogP contribution in [0.25, 0.3) is 0 Å². The SMILES string of the molecule is CC1OC(=O)C2(C)C=CC(c3ccc(Cl)cc3Cl)C(c3ccc(Cl)cc3)C12. The first-order valence-corrected chi connectivity index (χ1v) is 10.1. The monoisotopic (exact) mass is 420 g/mol. The van der Waals surface area contributed by atoms with Gasteiger partial charge in [0.05, 0.1) is 5.41 Å². The number of cyclic esters (lactones) is 1. The van der Waals surface area contributed by atoms with Crippen molar-refractivity contribution in [3.63, 3.8) is 0 Å². The van der Waals surface area contributed by atoms with Crippen molar-refractivity contribution in [2.45, 2.75) is 31.8 Å². The molecule has 5 unspecified atom stereocenters. The summed E-state index contributed by atoms with van der Waals surface area (Å²) in [5, 5.41) is 1.91. The summed E-state index contributed by atoms with van der Waals surface area (Å²) in [4.78, 5) is 12.6. The fourth-order valence-corrected chi connectivity index (χ4v) is 5.31. The van der Waals surface area contributed by atoms with E-state index in [-0.39, 0.29) is 29.8 Å². The average molecular weight is 422 g/mol. The zero-order chi connectivity index (χ0) is 19.3. The van der Waals surface area contributed by atoms with Crippen molar-refractivity contribution in [2.75, 3.05) is 0 Å². The summed E-state index contributed by atoms with van der Waals surface area (Å²) in [6.07, 6.45) is 3.89. The van der Waals surface area contributed by atoms with Gasteiger partial charge < -0.3 is 4.74 Å². The molecule has 1 heterocycles. The molecule has 0 aromatic heterocycles. The van der Waals surface area contributed by atoms with Crippen LogP contribution in [0.3, 0.4) is 0 Å². The first kappa shape index (κ1) is 18.9. The number of rotatable bonds is 2. The van der Waals surface area contributed by atoms with E-state index in [2.05, 4.69) is 6.08 Å². The normalized spacial score (nSPS) is 32.3. The van der Waals surface area contributed by atoms with Crippen LogP contribution < -0.4 is 0 Å². The summed E-state index contributed by atoms with van der Waals surface area (Å²) in [5.74, 6) is -0.146. The van der Waals surface area contributed by atoms with Crippen LogP contribution in [-0.2, 0) is 9.53 Å². The Morgan fingerprint density at radius 3 is 2.33 bits per heavy atom. The number of carbonyl (C=O) groups is 1. The average Bonchev–Trinajstić information content (AvgIpc) is 2.85. The molecular formula is C22H19Cl3O2. The lowest BCUT2D eigenvalue weighted by Crippen LogP contribution is -2.39. The second kappa shape index (κ2) is 6.84. The van der Waals surface area contributed by atoms with Gasteiger partial charge in [-0.2, -0.15) is 0 Å². The number of benzene rings is 2. The van der Waals surface area contributed by atoms with Crippen LogP contribution >= 0.6 is 34.8 Å². The van der Waals surface area contributed by atoms with Gasteiger partial charge in [0.1, 0.15) is 6.10 Å². The maximum atomic E-state index is 12.6. The highest BCUT2D eigenvalue weighted by atomic mass is 35.5. The highest BCUT2D eigenvalue weighted by Crippen LogP contribution is 2.57. The molecule has 5 heteroatoms. The molecule has 1 fully saturated rings. The molecule has 0 saturated carbocycles. The van der Waals surface area contributed by atoms with Crippen molar-refractivity contribution in [3.05, 3.63) is 80.8 Å². The van der Waals surface area contributed by atoms with Crippen LogP contribution in [-0.4, -0.2) is 12.1 Å². The molecule has 2 aromatic carbocycles. The Bertz CT molecular complexity index is 922. The maximum Gasteiger partial charge on any atom is 0.316 e. The van der Waals surface area contributed by atoms with Crippen molar-refractivity contribution < 1.29 is 9.53 Å². The number of halogens is 3. The Hall–Kier alpha value is -1.48. The molecular weight excluding hydrogens is 403 g/mol. The number of esters is 1. The predicted octanol–water partition coefficient (Wildman–Crippen LogP) is 6.65. The molecule has 2 aromatic rings. The largest absolute Gasteiger partial charge is 0.462 e. The van der Waals surface area contributed by atoms with E-state index in [1.54, 1.807) is 6.07 Å². The molecule has 1 aliphatic carbocycles. The molecule has 4 rings (SSSR count). The Morgan fingerprint density at radius 1 is 1.00 bits per heavy atom. The number of allylic oxidation sites excluding steroid dienone is 1. The molecule has 0 amide bonds. The molecule has 0 radical (unpaired) electrons. The standard InChI is InChI=1S/C22H19Cl3O2/c1-12-20-19(13-3-5-14(23)6-4-13)17(9-10-22(20,2)21(26)27-12)16-8-7-15(24)11-18(16)25/h3-12,17,19-20H,1-2H3. The van der Waals surface area contributed by atoms with E-state index in [9.17, 15) is 4.79 Å². The van der Waals surface area contributed by atoms with E-state index >= 15 is 0 Å². The van der Waals surface area contributed by atoms with Crippen molar-refractivity contribution in [2.24, 2.45) is 11.3 Å². The van der Waals surface area contributed by atoms with E-state index in [4.69, 9.17) is 39.5 Å². The van der Waals surface area contributed by atoms with E-state index in [0.717, 1.165) is 11.1 Å². The molecule has 5 atom stereocenters. The number of hydrogen-bond donors (Lipinski definition) is 0. The van der Waals surface area contributed by atoms with Crippen LogP contribution in [0.5, 0.6) is 0 Å². The van der Waals surface area contributed by atoms with Gasteiger partial charge in [-0.15, -0.1) is 0 Å². The third kappa shape index (κ3) is 3.08. The van der Waals surface area contributed by atoms with Crippen LogP contribution in [0.1, 0.15) is 36.8 Å². The quantitative estimate of drug-likeness (QED) is 0.401. The molecule has 1 saturated heterocycles. The molecule has 0 spiro atoms. The number of carbonyl (C=O) groups excluding carboxylic acids is 1. The summed E-state index contributed by atoms with van der Waals surface area (Å²) in [6.45, 7) is 3.93. The summed E-state index contributed by atoms with van der Waals surface area (Å²) in [7, 11) is 0. The first-order chi connectivity index (χ1) is 12.8. The lowest BCUT2D eigenvalue weighted by atomic mass is 9.59. The minimum absolute atomic E-state index is 0.00553. The van der Waals surface area contributed by atoms with Gasteiger partial charge in [0, 0.05) is 32.8 Å². The van der Waals surface area contributed by atoms with Crippen molar-refractivity contribution >= 4 is 40.8 Å². The van der Waals surface area contributed by atoms with E-state index in [1.165, 1.54) is 0 Å². The fourth-order valence-electron chi connectivity index (χ4n) is 4.65. The molecule has 2 nitrogen and oxygen atoms in total. The first-order valence-electron chi connectivity index (χ1n) is 8.92. The zero-order valence-electron chi connectivity index (χ0n) is 15.0. The smallest absolute Gasteiger partial charge is 0.316 e. The summed E-state index contributed by atoms with van der Waals surface area (Å²) in [6, 6.07) is 13.4. The molecule has 2 aliphatic rings. The fraction of sp³-hybridized carbons (Fsp3) is 0.318. The predicted molar refractivity (Wildman–Crippen MR) is 110 cm³/mol. The minimum atomic E-state index is -0.654. The molecule has 0 bridgehead atoms. The van der Waals surface area contributed by atoms with Crippen LogP contribution in [0.4, 0.5) is 0 Å². The molecule has 140 valence electrons. The third-order valence-corrected chi connectivity index (χ3v) is 6.75. The summed E-state index contributed by atoms with van der Waals surface area (Å²) in [5.41, 5.74) is 1.45. The third-order valence-electron chi connectivity index (χ3n) is 5.93.